The Labute approximate surface area is 187 Å². The molecule has 1 aliphatic heterocycles. The Morgan fingerprint density at radius 2 is 1.79 bits per heavy atom. The Balaban J connectivity index is 1.89. The average molecular weight is 515 g/mol. The summed E-state index contributed by atoms with van der Waals surface area (Å²) in [6.45, 7) is 1.73. The van der Waals surface area contributed by atoms with Crippen molar-refractivity contribution in [3.05, 3.63) is 68.7 Å². The average Bonchev–Trinajstić information content (AvgIpc) is 3.16. The normalized spacial score (nSPS) is 19.5. The van der Waals surface area contributed by atoms with Gasteiger partial charge in [0.15, 0.2) is 5.03 Å². The largest absolute Gasteiger partial charge is 0.301 e. The molecule has 2 atom stereocenters. The summed E-state index contributed by atoms with van der Waals surface area (Å²) in [5.41, 5.74) is 0.167. The lowest BCUT2D eigenvalue weighted by Crippen LogP contribution is -2.41. The standard InChI is InChI=1S/C19H14BrCl2N3O3S/c1-19(9-11-2-4-12(20)5-3-11)17(26)24(15-7-13(21)6-14(22)8-15)18-23-10-16(25(18)19)29(27)28/h2-8,10H,9H2,1H3,(H,27,28). The van der Waals surface area contributed by atoms with Gasteiger partial charge in [-0.1, -0.05) is 51.3 Å². The molecule has 0 fully saturated rings. The number of carbonyl (C=O) groups is 1. The highest BCUT2D eigenvalue weighted by Crippen LogP contribution is 2.44. The topological polar surface area (TPSA) is 75.4 Å². The molecule has 1 N–H and O–H groups in total. The van der Waals surface area contributed by atoms with E-state index in [4.69, 9.17) is 23.2 Å². The van der Waals surface area contributed by atoms with Crippen LogP contribution in [0, 0.1) is 0 Å². The van der Waals surface area contributed by atoms with Gasteiger partial charge in [-0.2, -0.15) is 0 Å². The van der Waals surface area contributed by atoms with E-state index in [9.17, 15) is 13.6 Å². The highest BCUT2D eigenvalue weighted by atomic mass is 79.9. The number of aromatic nitrogens is 2. The summed E-state index contributed by atoms with van der Waals surface area (Å²) in [6, 6.07) is 12.3. The van der Waals surface area contributed by atoms with Crippen LogP contribution in [0.2, 0.25) is 10.0 Å². The second kappa shape index (κ2) is 7.52. The Hall–Kier alpha value is -1.71. The minimum atomic E-state index is -2.32. The molecule has 29 heavy (non-hydrogen) atoms. The molecule has 2 unspecified atom stereocenters. The third-order valence-electron chi connectivity index (χ3n) is 4.81. The predicted octanol–water partition coefficient (Wildman–Crippen LogP) is 5.17. The lowest BCUT2D eigenvalue weighted by Gasteiger charge is -2.26. The summed E-state index contributed by atoms with van der Waals surface area (Å²) in [5.74, 6) is -0.0566. The maximum absolute atomic E-state index is 13.6. The molecule has 2 aromatic carbocycles. The first kappa shape index (κ1) is 20.6. The van der Waals surface area contributed by atoms with Crippen molar-refractivity contribution in [2.24, 2.45) is 0 Å². The third kappa shape index (κ3) is 3.53. The second-order valence-corrected chi connectivity index (χ2v) is 9.53. The van der Waals surface area contributed by atoms with Crippen molar-refractivity contribution >= 4 is 67.8 Å². The molecule has 2 heterocycles. The molecule has 0 radical (unpaired) electrons. The summed E-state index contributed by atoms with van der Waals surface area (Å²) < 4.78 is 24.1. The minimum absolute atomic E-state index is 0.0450. The van der Waals surface area contributed by atoms with Crippen LogP contribution in [0.1, 0.15) is 12.5 Å². The fraction of sp³-hybridized carbons (Fsp3) is 0.158. The quantitative estimate of drug-likeness (QED) is 0.487. The lowest BCUT2D eigenvalue weighted by molar-refractivity contribution is -0.124. The molecule has 0 spiro atoms. The van der Waals surface area contributed by atoms with Gasteiger partial charge in [0.05, 0.1) is 11.9 Å². The van der Waals surface area contributed by atoms with E-state index in [1.165, 1.54) is 15.7 Å². The minimum Gasteiger partial charge on any atom is -0.301 e. The predicted molar refractivity (Wildman–Crippen MR) is 116 cm³/mol. The smallest absolute Gasteiger partial charge is 0.260 e. The number of carbonyl (C=O) groups excluding carboxylic acids is 1. The summed E-state index contributed by atoms with van der Waals surface area (Å²) in [6.07, 6.45) is 1.61. The molecule has 1 aliphatic rings. The first-order valence-electron chi connectivity index (χ1n) is 8.45. The number of rotatable bonds is 4. The van der Waals surface area contributed by atoms with Crippen LogP contribution in [0.25, 0.3) is 0 Å². The SMILES string of the molecule is CC1(Cc2ccc(Br)cc2)C(=O)N(c2cc(Cl)cc(Cl)c2)c2ncc(S(=O)O)n21. The van der Waals surface area contributed by atoms with Crippen LogP contribution in [0.3, 0.4) is 0 Å². The fourth-order valence-electron chi connectivity index (χ4n) is 3.55. The molecule has 1 amide bonds. The van der Waals surface area contributed by atoms with Gasteiger partial charge in [0, 0.05) is 20.9 Å². The van der Waals surface area contributed by atoms with E-state index in [2.05, 4.69) is 20.9 Å². The summed E-state index contributed by atoms with van der Waals surface area (Å²) in [7, 11) is 0. The molecule has 1 aromatic heterocycles. The Kier molecular flexibility index (Phi) is 5.33. The number of halogens is 3. The fourth-order valence-corrected chi connectivity index (χ4v) is 4.92. The van der Waals surface area contributed by atoms with Gasteiger partial charge in [0.25, 0.3) is 5.91 Å². The van der Waals surface area contributed by atoms with Gasteiger partial charge < -0.3 is 4.55 Å². The van der Waals surface area contributed by atoms with E-state index >= 15 is 0 Å². The van der Waals surface area contributed by atoms with Crippen molar-refractivity contribution in [1.29, 1.82) is 0 Å². The van der Waals surface area contributed by atoms with E-state index < -0.39 is 16.6 Å². The molecule has 0 saturated carbocycles. The number of benzene rings is 2. The van der Waals surface area contributed by atoms with E-state index in [1.807, 2.05) is 24.3 Å². The molecule has 0 saturated heterocycles. The number of nitrogens with zero attached hydrogens (tertiary/aromatic N) is 3. The lowest BCUT2D eigenvalue weighted by atomic mass is 9.92. The molecule has 3 aromatic rings. The molecule has 10 heteroatoms. The Morgan fingerprint density at radius 1 is 1.17 bits per heavy atom. The van der Waals surface area contributed by atoms with Crippen LogP contribution in [0.4, 0.5) is 11.6 Å². The van der Waals surface area contributed by atoms with Gasteiger partial charge in [0.1, 0.15) is 5.54 Å². The highest BCUT2D eigenvalue weighted by Gasteiger charge is 2.50. The second-order valence-electron chi connectivity index (χ2n) is 6.83. The zero-order valence-corrected chi connectivity index (χ0v) is 18.9. The van der Waals surface area contributed by atoms with Crippen LogP contribution in [0.5, 0.6) is 0 Å². The zero-order chi connectivity index (χ0) is 20.9. The van der Waals surface area contributed by atoms with Gasteiger partial charge in [0.2, 0.25) is 17.0 Å². The number of imidazole rings is 1. The van der Waals surface area contributed by atoms with Gasteiger partial charge in [-0.05, 0) is 42.8 Å². The Bertz CT molecular complexity index is 1130. The van der Waals surface area contributed by atoms with Crippen LogP contribution >= 0.6 is 39.1 Å². The zero-order valence-electron chi connectivity index (χ0n) is 15.0. The van der Waals surface area contributed by atoms with Gasteiger partial charge in [-0.25, -0.2) is 14.1 Å². The summed E-state index contributed by atoms with van der Waals surface area (Å²) in [4.78, 5) is 19.2. The van der Waals surface area contributed by atoms with Gasteiger partial charge in [-0.15, -0.1) is 0 Å². The number of anilines is 2. The summed E-state index contributed by atoms with van der Waals surface area (Å²) >= 11 is 13.3. The third-order valence-corrected chi connectivity index (χ3v) is 6.43. The first-order valence-corrected chi connectivity index (χ1v) is 11.1. The van der Waals surface area contributed by atoms with E-state index in [-0.39, 0.29) is 16.9 Å². The molecule has 0 bridgehead atoms. The van der Waals surface area contributed by atoms with Gasteiger partial charge in [-0.3, -0.25) is 9.36 Å². The van der Waals surface area contributed by atoms with Gasteiger partial charge >= 0.3 is 0 Å². The van der Waals surface area contributed by atoms with Crippen LogP contribution in [-0.2, 0) is 27.8 Å². The first-order chi connectivity index (χ1) is 13.7. The summed E-state index contributed by atoms with van der Waals surface area (Å²) in [5, 5.41) is 0.778. The van der Waals surface area contributed by atoms with Crippen LogP contribution < -0.4 is 4.90 Å². The maximum Gasteiger partial charge on any atom is 0.260 e. The van der Waals surface area contributed by atoms with E-state index in [0.29, 0.717) is 22.2 Å². The van der Waals surface area contributed by atoms with E-state index in [0.717, 1.165) is 10.0 Å². The van der Waals surface area contributed by atoms with Crippen molar-refractivity contribution in [1.82, 2.24) is 9.55 Å². The van der Waals surface area contributed by atoms with Crippen LogP contribution in [0.15, 0.2) is 58.2 Å². The van der Waals surface area contributed by atoms with Crippen molar-refractivity contribution in [3.8, 4) is 0 Å². The molecule has 150 valence electrons. The number of hydrogen-bond acceptors (Lipinski definition) is 3. The van der Waals surface area contributed by atoms with Crippen molar-refractivity contribution in [2.75, 3.05) is 4.90 Å². The number of amides is 1. The number of fused-ring (bicyclic) bond motifs is 1. The van der Waals surface area contributed by atoms with Crippen molar-refractivity contribution < 1.29 is 13.6 Å². The highest BCUT2D eigenvalue weighted by molar-refractivity contribution is 9.10. The van der Waals surface area contributed by atoms with Crippen molar-refractivity contribution in [3.63, 3.8) is 0 Å². The van der Waals surface area contributed by atoms with E-state index in [1.54, 1.807) is 25.1 Å². The van der Waals surface area contributed by atoms with Crippen molar-refractivity contribution in [2.45, 2.75) is 23.9 Å². The number of hydrogen-bond donors (Lipinski definition) is 1. The maximum atomic E-state index is 13.6. The monoisotopic (exact) mass is 513 g/mol. The molecular formula is C19H14BrCl2N3O3S. The molecule has 6 nitrogen and oxygen atoms in total. The molecule has 0 aliphatic carbocycles. The molecular weight excluding hydrogens is 501 g/mol. The molecule has 4 rings (SSSR count). The Morgan fingerprint density at radius 3 is 2.38 bits per heavy atom. The van der Waals surface area contributed by atoms with Crippen LogP contribution in [-0.4, -0.2) is 24.2 Å².